The Morgan fingerprint density at radius 1 is 1.33 bits per heavy atom. The zero-order chi connectivity index (χ0) is 17.4. The Morgan fingerprint density at radius 3 is 2.71 bits per heavy atom. The Bertz CT molecular complexity index is 792. The summed E-state index contributed by atoms with van der Waals surface area (Å²) < 4.78 is 3.54. The van der Waals surface area contributed by atoms with Crippen molar-refractivity contribution in [1.82, 2.24) is 29.2 Å². The van der Waals surface area contributed by atoms with E-state index in [9.17, 15) is 9.59 Å². The number of carbonyl (C=O) groups excluding carboxylic acids is 2. The van der Waals surface area contributed by atoms with Crippen LogP contribution in [0.3, 0.4) is 0 Å². The zero-order valence-corrected chi connectivity index (χ0v) is 14.1. The van der Waals surface area contributed by atoms with Crippen molar-refractivity contribution in [3.8, 4) is 0 Å². The van der Waals surface area contributed by atoms with Gasteiger partial charge in [0.15, 0.2) is 0 Å². The minimum Gasteiger partial charge on any atom is -0.364 e. The van der Waals surface area contributed by atoms with Gasteiger partial charge in [-0.3, -0.25) is 9.59 Å². The molecule has 0 spiro atoms. The third-order valence-electron chi connectivity index (χ3n) is 4.26. The lowest BCUT2D eigenvalue weighted by molar-refractivity contribution is -0.137. The normalized spacial score (nSPS) is 15.2. The van der Waals surface area contributed by atoms with Crippen LogP contribution in [0.1, 0.15) is 34.9 Å². The van der Waals surface area contributed by atoms with Crippen LogP contribution >= 0.6 is 0 Å². The average Bonchev–Trinajstić information content (AvgIpc) is 3.09. The van der Waals surface area contributed by atoms with E-state index in [0.29, 0.717) is 43.5 Å². The quantitative estimate of drug-likeness (QED) is 0.838. The molecule has 1 aliphatic rings. The molecule has 9 heteroatoms. The van der Waals surface area contributed by atoms with Gasteiger partial charge >= 0.3 is 0 Å². The van der Waals surface area contributed by atoms with Gasteiger partial charge in [-0.15, -0.1) is 0 Å². The van der Waals surface area contributed by atoms with Crippen LogP contribution < -0.4 is 5.73 Å². The monoisotopic (exact) mass is 331 g/mol. The summed E-state index contributed by atoms with van der Waals surface area (Å²) in [6.07, 6.45) is 1.47. The fourth-order valence-corrected chi connectivity index (χ4v) is 3.03. The Kier molecular flexibility index (Phi) is 4.08. The largest absolute Gasteiger partial charge is 0.364 e. The number of carbonyl (C=O) groups is 2. The van der Waals surface area contributed by atoms with Gasteiger partial charge in [0.2, 0.25) is 5.91 Å². The van der Waals surface area contributed by atoms with Crippen LogP contribution in [0.4, 0.5) is 0 Å². The zero-order valence-electron chi connectivity index (χ0n) is 14.1. The summed E-state index contributed by atoms with van der Waals surface area (Å²) in [5.41, 5.74) is 5.72. The lowest BCUT2D eigenvalue weighted by Crippen LogP contribution is -2.42. The SMILES string of the molecule is Cc1nc(C)n(C[C@H](C)C(=O)N2CCn3c(C(N)=O)cnc3C2)n1. The maximum Gasteiger partial charge on any atom is 0.266 e. The minimum absolute atomic E-state index is 0.0393. The van der Waals surface area contributed by atoms with Gasteiger partial charge in [-0.25, -0.2) is 14.6 Å². The highest BCUT2D eigenvalue weighted by molar-refractivity contribution is 5.91. The van der Waals surface area contributed by atoms with Gasteiger partial charge in [0.1, 0.15) is 23.2 Å². The molecule has 2 amide bonds. The van der Waals surface area contributed by atoms with Crippen LogP contribution in [0, 0.1) is 19.8 Å². The van der Waals surface area contributed by atoms with Crippen LogP contribution in [0.2, 0.25) is 0 Å². The predicted molar refractivity (Wildman–Crippen MR) is 84.8 cm³/mol. The number of nitrogens with zero attached hydrogens (tertiary/aromatic N) is 6. The van der Waals surface area contributed by atoms with Crippen molar-refractivity contribution in [2.75, 3.05) is 6.54 Å². The van der Waals surface area contributed by atoms with E-state index in [-0.39, 0.29) is 11.8 Å². The van der Waals surface area contributed by atoms with E-state index in [1.807, 2.05) is 20.8 Å². The summed E-state index contributed by atoms with van der Waals surface area (Å²) in [6, 6.07) is 0. The fraction of sp³-hybridized carbons (Fsp3) is 0.533. The smallest absolute Gasteiger partial charge is 0.266 e. The highest BCUT2D eigenvalue weighted by Gasteiger charge is 2.28. The van der Waals surface area contributed by atoms with Crippen molar-refractivity contribution in [2.45, 2.75) is 40.4 Å². The van der Waals surface area contributed by atoms with Gasteiger partial charge in [0.25, 0.3) is 5.91 Å². The lowest BCUT2D eigenvalue weighted by atomic mass is 10.1. The second-order valence-corrected chi connectivity index (χ2v) is 6.12. The number of aromatic nitrogens is 5. The number of aryl methyl sites for hydroxylation is 2. The topological polar surface area (TPSA) is 112 Å². The summed E-state index contributed by atoms with van der Waals surface area (Å²) in [6.45, 7) is 7.51. The van der Waals surface area contributed by atoms with Crippen LogP contribution in [0.15, 0.2) is 6.20 Å². The van der Waals surface area contributed by atoms with Crippen molar-refractivity contribution >= 4 is 11.8 Å². The van der Waals surface area contributed by atoms with Gasteiger partial charge in [0.05, 0.1) is 25.2 Å². The Hall–Kier alpha value is -2.71. The minimum atomic E-state index is -0.501. The maximum absolute atomic E-state index is 12.7. The van der Waals surface area contributed by atoms with Gasteiger partial charge in [-0.2, -0.15) is 5.10 Å². The van der Waals surface area contributed by atoms with Gasteiger partial charge in [0, 0.05) is 13.1 Å². The highest BCUT2D eigenvalue weighted by atomic mass is 16.2. The third-order valence-corrected chi connectivity index (χ3v) is 4.26. The molecule has 0 saturated heterocycles. The fourth-order valence-electron chi connectivity index (χ4n) is 3.03. The van der Waals surface area contributed by atoms with E-state index in [2.05, 4.69) is 15.1 Å². The molecule has 9 nitrogen and oxygen atoms in total. The summed E-state index contributed by atoms with van der Waals surface area (Å²) in [4.78, 5) is 34.3. The molecule has 128 valence electrons. The molecule has 1 aliphatic heterocycles. The molecular weight excluding hydrogens is 310 g/mol. The molecule has 3 rings (SSSR count). The first-order chi connectivity index (χ1) is 11.4. The first-order valence-electron chi connectivity index (χ1n) is 7.88. The van der Waals surface area contributed by atoms with Crippen molar-refractivity contribution in [1.29, 1.82) is 0 Å². The summed E-state index contributed by atoms with van der Waals surface area (Å²) in [5.74, 6) is 1.50. The van der Waals surface area contributed by atoms with E-state index < -0.39 is 5.91 Å². The second-order valence-electron chi connectivity index (χ2n) is 6.12. The molecular formula is C15H21N7O2. The molecule has 2 N–H and O–H groups in total. The van der Waals surface area contributed by atoms with Crippen LogP contribution in [0.5, 0.6) is 0 Å². The number of rotatable bonds is 4. The van der Waals surface area contributed by atoms with Gasteiger partial charge in [-0.05, 0) is 13.8 Å². The second kappa shape index (κ2) is 6.06. The molecule has 2 aromatic heterocycles. The standard InChI is InChI=1S/C15H21N7O2/c1-9(7-22-11(3)18-10(2)19-22)15(24)20-4-5-21-12(14(16)23)6-17-13(21)8-20/h6,9H,4-5,7-8H2,1-3H3,(H2,16,23)/t9-/m0/s1. The molecule has 0 saturated carbocycles. The molecule has 0 aromatic carbocycles. The first-order valence-corrected chi connectivity index (χ1v) is 7.88. The number of fused-ring (bicyclic) bond motifs is 1. The average molecular weight is 331 g/mol. The molecule has 0 fully saturated rings. The van der Waals surface area contributed by atoms with Crippen LogP contribution in [-0.4, -0.2) is 47.6 Å². The Labute approximate surface area is 139 Å². The van der Waals surface area contributed by atoms with Crippen molar-refractivity contribution in [2.24, 2.45) is 11.7 Å². The Balaban J connectivity index is 1.69. The van der Waals surface area contributed by atoms with Crippen molar-refractivity contribution in [3.05, 3.63) is 29.4 Å². The van der Waals surface area contributed by atoms with E-state index >= 15 is 0 Å². The van der Waals surface area contributed by atoms with E-state index in [4.69, 9.17) is 5.73 Å². The molecule has 3 heterocycles. The molecule has 0 radical (unpaired) electrons. The number of nitrogens with two attached hydrogens (primary N) is 1. The van der Waals surface area contributed by atoms with E-state index in [1.165, 1.54) is 6.20 Å². The molecule has 2 aromatic rings. The highest BCUT2D eigenvalue weighted by Crippen LogP contribution is 2.17. The van der Waals surface area contributed by atoms with Crippen molar-refractivity contribution < 1.29 is 9.59 Å². The van der Waals surface area contributed by atoms with E-state index in [1.54, 1.807) is 14.1 Å². The molecule has 0 unspecified atom stereocenters. The number of imidazole rings is 1. The number of hydrogen-bond donors (Lipinski definition) is 1. The third kappa shape index (κ3) is 2.89. The number of hydrogen-bond acceptors (Lipinski definition) is 5. The molecule has 0 bridgehead atoms. The van der Waals surface area contributed by atoms with Crippen molar-refractivity contribution in [3.63, 3.8) is 0 Å². The summed E-state index contributed by atoms with van der Waals surface area (Å²) >= 11 is 0. The molecule has 24 heavy (non-hydrogen) atoms. The van der Waals surface area contributed by atoms with Crippen LogP contribution in [-0.2, 0) is 24.4 Å². The van der Waals surface area contributed by atoms with Gasteiger partial charge < -0.3 is 15.2 Å². The predicted octanol–water partition coefficient (Wildman–Crippen LogP) is -0.131. The van der Waals surface area contributed by atoms with Crippen LogP contribution in [0.25, 0.3) is 0 Å². The van der Waals surface area contributed by atoms with E-state index in [0.717, 1.165) is 5.82 Å². The number of primary amides is 1. The molecule has 0 aliphatic carbocycles. The summed E-state index contributed by atoms with van der Waals surface area (Å²) in [5, 5.41) is 4.30. The van der Waals surface area contributed by atoms with Gasteiger partial charge in [-0.1, -0.05) is 6.92 Å². The lowest BCUT2D eigenvalue weighted by Gasteiger charge is -2.30. The first kappa shape index (κ1) is 16.2. The maximum atomic E-state index is 12.7. The number of amides is 2. The Morgan fingerprint density at radius 2 is 2.08 bits per heavy atom. The molecule has 1 atom stereocenters. The summed E-state index contributed by atoms with van der Waals surface area (Å²) in [7, 11) is 0.